The van der Waals surface area contributed by atoms with Crippen LogP contribution in [0.3, 0.4) is 0 Å². The smallest absolute Gasteiger partial charge is 0.317 e. The third kappa shape index (κ3) is 3.44. The first kappa shape index (κ1) is 13.8. The Morgan fingerprint density at radius 2 is 1.89 bits per heavy atom. The molecule has 0 saturated carbocycles. The molecule has 0 aliphatic carbocycles. The van der Waals surface area contributed by atoms with Crippen LogP contribution in [0.1, 0.15) is 16.7 Å². The Morgan fingerprint density at radius 3 is 2.47 bits per heavy atom. The van der Waals surface area contributed by atoms with Crippen LogP contribution in [0, 0.1) is 19.7 Å². The van der Waals surface area contributed by atoms with Crippen molar-refractivity contribution in [2.45, 2.75) is 20.4 Å². The summed E-state index contributed by atoms with van der Waals surface area (Å²) in [7, 11) is 0. The number of nitrogens with zero attached hydrogens (tertiary/aromatic N) is 1. The van der Waals surface area contributed by atoms with Crippen LogP contribution in [-0.4, -0.2) is 37.2 Å². The lowest BCUT2D eigenvalue weighted by atomic mass is 10.1. The standard InChI is InChI=1S/C14H19FN2O2/c1-10-7-12(8-11(2)13(10)15)9-16-14(18)17-3-5-19-6-4-17/h7-8H,3-6,9H2,1-2H3,(H,16,18). The number of hydrogen-bond donors (Lipinski definition) is 1. The van der Waals surface area contributed by atoms with Gasteiger partial charge < -0.3 is 15.0 Å². The Hall–Kier alpha value is -1.62. The van der Waals surface area contributed by atoms with Gasteiger partial charge >= 0.3 is 6.03 Å². The number of rotatable bonds is 2. The quantitative estimate of drug-likeness (QED) is 0.889. The van der Waals surface area contributed by atoms with E-state index in [-0.39, 0.29) is 11.8 Å². The maximum atomic E-state index is 13.5. The van der Waals surface area contributed by atoms with Gasteiger partial charge in [-0.15, -0.1) is 0 Å². The molecular weight excluding hydrogens is 247 g/mol. The van der Waals surface area contributed by atoms with Gasteiger partial charge in [-0.05, 0) is 30.5 Å². The molecule has 1 N–H and O–H groups in total. The van der Waals surface area contributed by atoms with Crippen LogP contribution in [-0.2, 0) is 11.3 Å². The number of nitrogens with one attached hydrogen (secondary N) is 1. The van der Waals surface area contributed by atoms with Gasteiger partial charge in [-0.25, -0.2) is 9.18 Å². The Kier molecular flexibility index (Phi) is 4.37. The number of urea groups is 1. The van der Waals surface area contributed by atoms with Gasteiger partial charge in [0.2, 0.25) is 0 Å². The highest BCUT2D eigenvalue weighted by Crippen LogP contribution is 2.14. The van der Waals surface area contributed by atoms with E-state index in [0.717, 1.165) is 5.56 Å². The zero-order chi connectivity index (χ0) is 13.8. The van der Waals surface area contributed by atoms with Crippen molar-refractivity contribution in [1.29, 1.82) is 0 Å². The molecule has 0 bridgehead atoms. The molecule has 1 aromatic rings. The highest BCUT2D eigenvalue weighted by atomic mass is 19.1. The molecule has 1 fully saturated rings. The van der Waals surface area contributed by atoms with Crippen molar-refractivity contribution in [2.24, 2.45) is 0 Å². The minimum atomic E-state index is -0.178. The number of carbonyl (C=O) groups excluding carboxylic acids is 1. The second kappa shape index (κ2) is 6.02. The Bertz CT molecular complexity index is 448. The van der Waals surface area contributed by atoms with Gasteiger partial charge in [-0.1, -0.05) is 12.1 Å². The van der Waals surface area contributed by atoms with Crippen LogP contribution in [0.2, 0.25) is 0 Å². The third-order valence-electron chi connectivity index (χ3n) is 3.24. The summed E-state index contributed by atoms with van der Waals surface area (Å²) in [5.74, 6) is -0.178. The monoisotopic (exact) mass is 266 g/mol. The summed E-state index contributed by atoms with van der Waals surface area (Å²) < 4.78 is 18.7. The van der Waals surface area contributed by atoms with Crippen LogP contribution in [0.4, 0.5) is 9.18 Å². The number of morpholine rings is 1. The Balaban J connectivity index is 1.93. The van der Waals surface area contributed by atoms with Crippen molar-refractivity contribution in [1.82, 2.24) is 10.2 Å². The van der Waals surface area contributed by atoms with Gasteiger partial charge in [-0.3, -0.25) is 0 Å². The van der Waals surface area contributed by atoms with Crippen LogP contribution < -0.4 is 5.32 Å². The summed E-state index contributed by atoms with van der Waals surface area (Å²) in [5, 5.41) is 2.85. The SMILES string of the molecule is Cc1cc(CNC(=O)N2CCOCC2)cc(C)c1F. The van der Waals surface area contributed by atoms with Crippen LogP contribution in [0.25, 0.3) is 0 Å². The van der Waals surface area contributed by atoms with E-state index < -0.39 is 0 Å². The highest BCUT2D eigenvalue weighted by Gasteiger charge is 2.16. The fraction of sp³-hybridized carbons (Fsp3) is 0.500. The first-order valence-electron chi connectivity index (χ1n) is 6.44. The van der Waals surface area contributed by atoms with E-state index in [0.29, 0.717) is 44.0 Å². The molecule has 4 nitrogen and oxygen atoms in total. The molecule has 2 rings (SSSR count). The van der Waals surface area contributed by atoms with E-state index in [1.807, 2.05) is 0 Å². The number of amides is 2. The molecule has 0 aromatic heterocycles. The van der Waals surface area contributed by atoms with E-state index in [9.17, 15) is 9.18 Å². The molecule has 1 heterocycles. The molecule has 0 radical (unpaired) electrons. The van der Waals surface area contributed by atoms with Crippen molar-refractivity contribution < 1.29 is 13.9 Å². The average Bonchev–Trinajstić information content (AvgIpc) is 2.43. The lowest BCUT2D eigenvalue weighted by Crippen LogP contribution is -2.45. The van der Waals surface area contributed by atoms with Crippen molar-refractivity contribution >= 4 is 6.03 Å². The number of benzene rings is 1. The summed E-state index contributed by atoms with van der Waals surface area (Å²) in [6.45, 7) is 6.29. The molecule has 104 valence electrons. The van der Waals surface area contributed by atoms with Gasteiger partial charge in [0, 0.05) is 19.6 Å². The molecule has 1 saturated heterocycles. The minimum absolute atomic E-state index is 0.0945. The lowest BCUT2D eigenvalue weighted by Gasteiger charge is -2.27. The Morgan fingerprint density at radius 1 is 1.32 bits per heavy atom. The number of aryl methyl sites for hydroxylation is 2. The number of ether oxygens (including phenoxy) is 1. The minimum Gasteiger partial charge on any atom is -0.378 e. The number of carbonyl (C=O) groups is 1. The number of halogens is 1. The normalized spacial score (nSPS) is 15.4. The maximum absolute atomic E-state index is 13.5. The molecule has 0 atom stereocenters. The predicted octanol–water partition coefficient (Wildman–Crippen LogP) is 1.98. The van der Waals surface area contributed by atoms with Gasteiger partial charge in [0.1, 0.15) is 5.82 Å². The zero-order valence-corrected chi connectivity index (χ0v) is 11.3. The molecule has 0 unspecified atom stereocenters. The fourth-order valence-corrected chi connectivity index (χ4v) is 2.19. The molecule has 1 aliphatic heterocycles. The average molecular weight is 266 g/mol. The molecule has 19 heavy (non-hydrogen) atoms. The lowest BCUT2D eigenvalue weighted by molar-refractivity contribution is 0.0531. The van der Waals surface area contributed by atoms with Crippen molar-refractivity contribution in [3.63, 3.8) is 0 Å². The van der Waals surface area contributed by atoms with Gasteiger partial charge in [-0.2, -0.15) is 0 Å². The molecule has 0 spiro atoms. The summed E-state index contributed by atoms with van der Waals surface area (Å²) >= 11 is 0. The predicted molar refractivity (Wildman–Crippen MR) is 70.5 cm³/mol. The summed E-state index contributed by atoms with van der Waals surface area (Å²) in [6, 6.07) is 3.44. The Labute approximate surface area is 112 Å². The van der Waals surface area contributed by atoms with Crippen LogP contribution >= 0.6 is 0 Å². The van der Waals surface area contributed by atoms with Crippen LogP contribution in [0.5, 0.6) is 0 Å². The molecule has 5 heteroatoms. The van der Waals surface area contributed by atoms with Gasteiger partial charge in [0.25, 0.3) is 0 Å². The van der Waals surface area contributed by atoms with E-state index in [1.54, 1.807) is 30.9 Å². The molecular formula is C14H19FN2O2. The first-order valence-corrected chi connectivity index (χ1v) is 6.44. The van der Waals surface area contributed by atoms with Crippen LogP contribution in [0.15, 0.2) is 12.1 Å². The second-order valence-corrected chi connectivity index (χ2v) is 4.80. The van der Waals surface area contributed by atoms with E-state index in [4.69, 9.17) is 4.74 Å². The summed E-state index contributed by atoms with van der Waals surface area (Å²) in [4.78, 5) is 13.6. The van der Waals surface area contributed by atoms with Gasteiger partial charge in [0.15, 0.2) is 0 Å². The second-order valence-electron chi connectivity index (χ2n) is 4.80. The summed E-state index contributed by atoms with van der Waals surface area (Å²) in [5.41, 5.74) is 2.13. The van der Waals surface area contributed by atoms with E-state index in [1.165, 1.54) is 0 Å². The maximum Gasteiger partial charge on any atom is 0.317 e. The largest absolute Gasteiger partial charge is 0.378 e. The first-order chi connectivity index (χ1) is 9.08. The summed E-state index contributed by atoms with van der Waals surface area (Å²) in [6.07, 6.45) is 0. The van der Waals surface area contributed by atoms with E-state index in [2.05, 4.69) is 5.32 Å². The topological polar surface area (TPSA) is 41.6 Å². The molecule has 1 aromatic carbocycles. The molecule has 2 amide bonds. The highest BCUT2D eigenvalue weighted by molar-refractivity contribution is 5.74. The molecule has 1 aliphatic rings. The van der Waals surface area contributed by atoms with Crippen molar-refractivity contribution in [3.05, 3.63) is 34.6 Å². The number of hydrogen-bond acceptors (Lipinski definition) is 2. The fourth-order valence-electron chi connectivity index (χ4n) is 2.19. The zero-order valence-electron chi connectivity index (χ0n) is 11.3. The third-order valence-corrected chi connectivity index (χ3v) is 3.24. The van der Waals surface area contributed by atoms with Crippen molar-refractivity contribution in [2.75, 3.05) is 26.3 Å². The van der Waals surface area contributed by atoms with Crippen molar-refractivity contribution in [3.8, 4) is 0 Å². The van der Waals surface area contributed by atoms with E-state index >= 15 is 0 Å². The van der Waals surface area contributed by atoms with Gasteiger partial charge in [0.05, 0.1) is 13.2 Å².